The Kier molecular flexibility index (Phi) is 3.12. The van der Waals surface area contributed by atoms with Gasteiger partial charge in [0.05, 0.1) is 18.6 Å². The Balaban J connectivity index is 1.93. The number of carbonyl (C=O) groups is 2. The van der Waals surface area contributed by atoms with E-state index in [-0.39, 0.29) is 18.2 Å². The van der Waals surface area contributed by atoms with Crippen molar-refractivity contribution < 1.29 is 14.3 Å². The molecule has 1 fully saturated rings. The Morgan fingerprint density at radius 1 is 1.35 bits per heavy atom. The van der Waals surface area contributed by atoms with E-state index in [1.165, 1.54) is 4.90 Å². The second-order valence-electron chi connectivity index (χ2n) is 6.00. The van der Waals surface area contributed by atoms with Crippen LogP contribution in [0.3, 0.4) is 0 Å². The summed E-state index contributed by atoms with van der Waals surface area (Å²) in [7, 11) is 0. The number of halogens is 1. The molecule has 0 radical (unpaired) electrons. The van der Waals surface area contributed by atoms with E-state index in [9.17, 15) is 9.59 Å². The lowest BCUT2D eigenvalue weighted by Crippen LogP contribution is -2.32. The third kappa shape index (κ3) is 2.14. The van der Waals surface area contributed by atoms with Gasteiger partial charge in [0.2, 0.25) is 11.8 Å². The topological polar surface area (TPSA) is 46.6 Å². The maximum atomic E-state index is 12.3. The van der Waals surface area contributed by atoms with Gasteiger partial charge in [0.15, 0.2) is 0 Å². The van der Waals surface area contributed by atoms with Crippen molar-refractivity contribution in [2.24, 2.45) is 5.41 Å². The molecule has 4 nitrogen and oxygen atoms in total. The molecule has 0 saturated carbocycles. The van der Waals surface area contributed by atoms with Gasteiger partial charge in [0.1, 0.15) is 5.75 Å². The minimum atomic E-state index is -0.590. The van der Waals surface area contributed by atoms with E-state index in [2.05, 4.69) is 15.9 Å². The van der Waals surface area contributed by atoms with E-state index in [0.717, 1.165) is 27.8 Å². The molecule has 2 heterocycles. The van der Waals surface area contributed by atoms with Gasteiger partial charge in [-0.2, -0.15) is 0 Å². The molecule has 1 saturated heterocycles. The van der Waals surface area contributed by atoms with E-state index >= 15 is 0 Å². The minimum absolute atomic E-state index is 0.103. The van der Waals surface area contributed by atoms with Crippen molar-refractivity contribution in [1.29, 1.82) is 0 Å². The van der Waals surface area contributed by atoms with Crippen LogP contribution in [-0.2, 0) is 22.6 Å². The fourth-order valence-corrected chi connectivity index (χ4v) is 3.37. The summed E-state index contributed by atoms with van der Waals surface area (Å²) in [6.45, 7) is 4.58. The molecule has 0 aliphatic carbocycles. The van der Waals surface area contributed by atoms with Crippen molar-refractivity contribution in [3.63, 3.8) is 0 Å². The third-order valence-corrected chi connectivity index (χ3v) is 4.33. The number of ether oxygens (including phenoxy) is 1. The van der Waals surface area contributed by atoms with Crippen molar-refractivity contribution >= 4 is 27.7 Å². The van der Waals surface area contributed by atoms with Gasteiger partial charge in [-0.1, -0.05) is 29.8 Å². The first-order valence-corrected chi connectivity index (χ1v) is 7.47. The Morgan fingerprint density at radius 3 is 2.75 bits per heavy atom. The van der Waals surface area contributed by atoms with Crippen molar-refractivity contribution in [2.45, 2.75) is 33.2 Å². The van der Waals surface area contributed by atoms with Crippen molar-refractivity contribution in [2.75, 3.05) is 6.61 Å². The summed E-state index contributed by atoms with van der Waals surface area (Å²) in [5.41, 5.74) is 1.44. The summed E-state index contributed by atoms with van der Waals surface area (Å²) >= 11 is 3.47. The lowest BCUT2D eigenvalue weighted by atomic mass is 9.92. The number of hydrogen-bond donors (Lipinski definition) is 0. The van der Waals surface area contributed by atoms with Gasteiger partial charge in [-0.25, -0.2) is 0 Å². The van der Waals surface area contributed by atoms with E-state index in [0.29, 0.717) is 13.2 Å². The first-order chi connectivity index (χ1) is 9.38. The van der Waals surface area contributed by atoms with Crippen LogP contribution in [0.4, 0.5) is 0 Å². The highest BCUT2D eigenvalue weighted by molar-refractivity contribution is 9.10. The van der Waals surface area contributed by atoms with Crippen LogP contribution in [-0.4, -0.2) is 23.3 Å². The number of likely N-dealkylation sites (tertiary alicyclic amines) is 1. The lowest BCUT2D eigenvalue weighted by Gasteiger charge is -2.19. The van der Waals surface area contributed by atoms with Gasteiger partial charge < -0.3 is 4.74 Å². The summed E-state index contributed by atoms with van der Waals surface area (Å²) in [6, 6.07) is 3.96. The molecular weight excluding hydrogens is 322 g/mol. The van der Waals surface area contributed by atoms with Crippen molar-refractivity contribution in [1.82, 2.24) is 4.90 Å². The fourth-order valence-electron chi connectivity index (χ4n) is 2.82. The number of rotatable bonds is 2. The molecule has 2 aliphatic heterocycles. The van der Waals surface area contributed by atoms with E-state index < -0.39 is 5.41 Å². The fraction of sp³-hybridized carbons (Fsp3) is 0.467. The summed E-state index contributed by atoms with van der Waals surface area (Å²) in [4.78, 5) is 25.7. The molecule has 0 atom stereocenters. The number of carbonyl (C=O) groups excluding carboxylic acids is 2. The predicted molar refractivity (Wildman–Crippen MR) is 77.3 cm³/mol. The highest BCUT2D eigenvalue weighted by atomic mass is 79.9. The van der Waals surface area contributed by atoms with Gasteiger partial charge in [-0.05, 0) is 17.7 Å². The van der Waals surface area contributed by atoms with Gasteiger partial charge in [-0.15, -0.1) is 0 Å². The number of nitrogens with zero attached hydrogens (tertiary/aromatic N) is 1. The average Bonchev–Trinajstić information content (AvgIpc) is 2.87. The van der Waals surface area contributed by atoms with Crippen LogP contribution in [0.1, 0.15) is 31.4 Å². The lowest BCUT2D eigenvalue weighted by molar-refractivity contribution is -0.141. The zero-order chi connectivity index (χ0) is 14.5. The largest absolute Gasteiger partial charge is 0.493 e. The van der Waals surface area contributed by atoms with Crippen LogP contribution in [0, 0.1) is 5.41 Å². The molecule has 2 aliphatic rings. The van der Waals surface area contributed by atoms with Crippen molar-refractivity contribution in [3.8, 4) is 5.75 Å². The first kappa shape index (κ1) is 13.6. The highest BCUT2D eigenvalue weighted by Crippen LogP contribution is 2.37. The standard InChI is InChI=1S/C15H16BrNO3/c1-15(2)7-12(18)17(14(15)19)8-10-6-11(16)5-9-3-4-20-13(9)10/h5-6H,3-4,7-8H2,1-2H3. The second kappa shape index (κ2) is 4.58. The molecule has 2 amide bonds. The van der Waals surface area contributed by atoms with Gasteiger partial charge in [0, 0.05) is 22.9 Å². The molecule has 0 unspecified atom stereocenters. The molecule has 20 heavy (non-hydrogen) atoms. The Morgan fingerprint density at radius 2 is 2.10 bits per heavy atom. The molecular formula is C15H16BrNO3. The third-order valence-electron chi connectivity index (χ3n) is 3.87. The van der Waals surface area contributed by atoms with Crippen molar-refractivity contribution in [3.05, 3.63) is 27.7 Å². The summed E-state index contributed by atoms with van der Waals surface area (Å²) in [6.07, 6.45) is 1.15. The van der Waals surface area contributed by atoms with Crippen LogP contribution in [0.15, 0.2) is 16.6 Å². The minimum Gasteiger partial charge on any atom is -0.493 e. The number of hydrogen-bond acceptors (Lipinski definition) is 3. The monoisotopic (exact) mass is 337 g/mol. The molecule has 0 aromatic heterocycles. The zero-order valence-corrected chi connectivity index (χ0v) is 13.1. The average molecular weight is 338 g/mol. The smallest absolute Gasteiger partial charge is 0.235 e. The van der Waals surface area contributed by atoms with Crippen LogP contribution in [0.25, 0.3) is 0 Å². The number of amides is 2. The normalized spacial score (nSPS) is 20.2. The molecule has 3 rings (SSSR count). The van der Waals surface area contributed by atoms with Crippen LogP contribution in [0.2, 0.25) is 0 Å². The molecule has 0 spiro atoms. The Labute approximate surface area is 126 Å². The molecule has 1 aromatic rings. The second-order valence-corrected chi connectivity index (χ2v) is 6.91. The molecule has 0 bridgehead atoms. The van der Waals surface area contributed by atoms with Crippen LogP contribution < -0.4 is 4.74 Å². The predicted octanol–water partition coefficient (Wildman–Crippen LogP) is 2.67. The molecule has 5 heteroatoms. The highest BCUT2D eigenvalue weighted by Gasteiger charge is 2.44. The zero-order valence-electron chi connectivity index (χ0n) is 11.5. The maximum Gasteiger partial charge on any atom is 0.235 e. The number of fused-ring (bicyclic) bond motifs is 1. The molecule has 1 aromatic carbocycles. The van der Waals surface area contributed by atoms with Gasteiger partial charge in [0.25, 0.3) is 0 Å². The summed E-state index contributed by atoms with van der Waals surface area (Å²) in [5, 5.41) is 0. The van der Waals surface area contributed by atoms with E-state index in [1.54, 1.807) is 0 Å². The Bertz CT molecular complexity index is 609. The van der Waals surface area contributed by atoms with Crippen LogP contribution >= 0.6 is 15.9 Å². The quantitative estimate of drug-likeness (QED) is 0.779. The molecule has 106 valence electrons. The maximum absolute atomic E-state index is 12.3. The Hall–Kier alpha value is -1.36. The van der Waals surface area contributed by atoms with Crippen LogP contribution in [0.5, 0.6) is 5.75 Å². The molecule has 0 N–H and O–H groups in total. The van der Waals surface area contributed by atoms with E-state index in [4.69, 9.17) is 4.74 Å². The number of benzene rings is 1. The number of imide groups is 1. The summed E-state index contributed by atoms with van der Waals surface area (Å²) in [5.74, 6) is 0.624. The summed E-state index contributed by atoms with van der Waals surface area (Å²) < 4.78 is 6.60. The first-order valence-electron chi connectivity index (χ1n) is 6.67. The van der Waals surface area contributed by atoms with E-state index in [1.807, 2.05) is 26.0 Å². The van der Waals surface area contributed by atoms with Gasteiger partial charge >= 0.3 is 0 Å². The SMILES string of the molecule is CC1(C)CC(=O)N(Cc2cc(Br)cc3c2OCC3)C1=O. The van der Waals surface area contributed by atoms with Gasteiger partial charge in [-0.3, -0.25) is 14.5 Å².